The maximum atomic E-state index is 13.1. The second kappa shape index (κ2) is 24.8. The van der Waals surface area contributed by atoms with E-state index in [9.17, 15) is 19.2 Å². The average Bonchev–Trinajstić information content (AvgIpc) is 3.72. The maximum absolute atomic E-state index is 13.1. The Morgan fingerprint density at radius 3 is 1.46 bits per heavy atom. The number of ether oxygens (including phenoxy) is 2. The summed E-state index contributed by atoms with van der Waals surface area (Å²) in [5, 5.41) is 19.0. The molecule has 0 aliphatic heterocycles. The summed E-state index contributed by atoms with van der Waals surface area (Å²) in [6, 6.07) is -1.23. The summed E-state index contributed by atoms with van der Waals surface area (Å²) in [7, 11) is 0. The number of rotatable bonds is 15. The van der Waals surface area contributed by atoms with Crippen molar-refractivity contribution < 1.29 is 33.8 Å². The molecule has 2 aliphatic carbocycles. The van der Waals surface area contributed by atoms with E-state index in [1.165, 1.54) is 0 Å². The van der Waals surface area contributed by atoms with E-state index in [-0.39, 0.29) is 35.3 Å². The van der Waals surface area contributed by atoms with Crippen LogP contribution >= 0.6 is 23.5 Å². The second-order valence-corrected chi connectivity index (χ2v) is 21.9. The molecule has 0 bridgehead atoms. The van der Waals surface area contributed by atoms with Crippen LogP contribution in [0.1, 0.15) is 155 Å². The number of carbonyl (C=O) groups excluding carboxylic acids is 3. The molecule has 0 heterocycles. The highest BCUT2D eigenvalue weighted by molar-refractivity contribution is 8.00. The van der Waals surface area contributed by atoms with E-state index < -0.39 is 46.1 Å². The number of carboxylic acid groups (broad SMARTS) is 1. The lowest BCUT2D eigenvalue weighted by Gasteiger charge is -2.31. The summed E-state index contributed by atoms with van der Waals surface area (Å²) in [5.74, 6) is -0.540. The van der Waals surface area contributed by atoms with Gasteiger partial charge in [-0.05, 0) is 91.1 Å². The number of nitrogens with two attached hydrogens (primary N) is 1. The van der Waals surface area contributed by atoms with Crippen molar-refractivity contribution in [1.82, 2.24) is 5.32 Å². The van der Waals surface area contributed by atoms with E-state index in [1.807, 2.05) is 41.5 Å². The highest BCUT2D eigenvalue weighted by Crippen LogP contribution is 2.42. The van der Waals surface area contributed by atoms with Gasteiger partial charge in [0.05, 0.1) is 5.41 Å². The molecule has 1 amide bonds. The maximum Gasteiger partial charge on any atom is 0.330 e. The van der Waals surface area contributed by atoms with Gasteiger partial charge in [-0.1, -0.05) is 84.9 Å². The number of esters is 2. The van der Waals surface area contributed by atoms with Crippen LogP contribution < -0.4 is 11.1 Å². The lowest BCUT2D eigenvalue weighted by Crippen LogP contribution is -2.51. The Morgan fingerprint density at radius 1 is 0.714 bits per heavy atom. The van der Waals surface area contributed by atoms with Crippen LogP contribution in [-0.4, -0.2) is 86.3 Å². The Kier molecular flexibility index (Phi) is 24.5. The minimum atomic E-state index is -0.738. The fourth-order valence-electron chi connectivity index (χ4n) is 5.85. The second-order valence-electron chi connectivity index (χ2n) is 18.2. The molecular formula is C39H74N8O7S2. The van der Waals surface area contributed by atoms with Crippen molar-refractivity contribution in [3.05, 3.63) is 20.9 Å². The quantitative estimate of drug-likeness (QED) is 0.0610. The van der Waals surface area contributed by atoms with Crippen LogP contribution in [0.25, 0.3) is 20.9 Å². The first-order valence-corrected chi connectivity index (χ1v) is 21.1. The number of thioether (sulfide) groups is 2. The molecule has 324 valence electrons. The molecule has 0 spiro atoms. The van der Waals surface area contributed by atoms with Gasteiger partial charge in [-0.15, -0.1) is 0 Å². The van der Waals surface area contributed by atoms with Crippen LogP contribution in [0.15, 0.2) is 10.2 Å². The number of hydrogen-bond donors (Lipinski definition) is 3. The first kappa shape index (κ1) is 55.3. The molecule has 2 saturated carbocycles. The summed E-state index contributed by atoms with van der Waals surface area (Å²) in [4.78, 5) is 53.7. The van der Waals surface area contributed by atoms with Crippen LogP contribution in [0.2, 0.25) is 0 Å². The van der Waals surface area contributed by atoms with Gasteiger partial charge in [-0.3, -0.25) is 14.4 Å². The van der Waals surface area contributed by atoms with Gasteiger partial charge >= 0.3 is 17.9 Å². The van der Waals surface area contributed by atoms with Crippen molar-refractivity contribution in [3.63, 3.8) is 0 Å². The van der Waals surface area contributed by atoms with Crippen molar-refractivity contribution in [3.8, 4) is 0 Å². The zero-order valence-electron chi connectivity index (χ0n) is 35.5. The van der Waals surface area contributed by atoms with Crippen molar-refractivity contribution in [2.75, 3.05) is 24.6 Å². The third-order valence-electron chi connectivity index (χ3n) is 8.65. The molecule has 0 saturated heterocycles. The monoisotopic (exact) mass is 831 g/mol. The number of aliphatic carboxylic acids is 1. The van der Waals surface area contributed by atoms with Crippen molar-refractivity contribution in [1.29, 1.82) is 0 Å². The van der Waals surface area contributed by atoms with Crippen molar-refractivity contribution in [2.24, 2.45) is 26.8 Å². The Balaban J connectivity index is 0. The molecule has 0 aromatic rings. The van der Waals surface area contributed by atoms with E-state index in [1.54, 1.807) is 23.5 Å². The molecular weight excluding hydrogens is 757 g/mol. The summed E-state index contributed by atoms with van der Waals surface area (Å²) >= 11 is 3.29. The van der Waals surface area contributed by atoms with Gasteiger partial charge in [0.2, 0.25) is 5.91 Å². The SMILES string of the molecule is C.CC(C)(C)OC(=O)C(CSC(C)(C)C)NC(=O)C1(CCN=[N+]=[N-])CCCC1.CC(C)(C)OC(=O)C(N)CSC(C)(C)C.[N-]=[N+]=NCCC1(C(=O)O)CCCC1. The Morgan fingerprint density at radius 2 is 1.09 bits per heavy atom. The van der Waals surface area contributed by atoms with E-state index in [2.05, 4.69) is 66.9 Å². The summed E-state index contributed by atoms with van der Waals surface area (Å²) in [5.41, 5.74) is 20.1. The van der Waals surface area contributed by atoms with Crippen molar-refractivity contribution >= 4 is 47.3 Å². The first-order valence-electron chi connectivity index (χ1n) is 19.2. The van der Waals surface area contributed by atoms with Crippen LogP contribution in [0, 0.1) is 10.8 Å². The molecule has 2 rings (SSSR count). The fourth-order valence-corrected chi connectivity index (χ4v) is 7.56. The fraction of sp³-hybridized carbons (Fsp3) is 0.897. The molecule has 2 unspecified atom stereocenters. The Hall–Kier alpha value is -2.84. The first-order chi connectivity index (χ1) is 25.1. The molecule has 56 heavy (non-hydrogen) atoms. The van der Waals surface area contributed by atoms with Crippen LogP contribution in [0.5, 0.6) is 0 Å². The largest absolute Gasteiger partial charge is 0.481 e. The van der Waals surface area contributed by atoms with Crippen LogP contribution in [0.4, 0.5) is 0 Å². The number of amides is 1. The van der Waals surface area contributed by atoms with Gasteiger partial charge in [0, 0.05) is 49.3 Å². The zero-order chi connectivity index (χ0) is 42.7. The van der Waals surface area contributed by atoms with Gasteiger partial charge in [-0.25, -0.2) is 4.79 Å². The Bertz CT molecular complexity index is 1330. The predicted octanol–water partition coefficient (Wildman–Crippen LogP) is 9.76. The molecule has 2 fully saturated rings. The number of carboxylic acids is 1. The number of carbonyl (C=O) groups is 4. The van der Waals surface area contributed by atoms with Crippen molar-refractivity contribution in [2.45, 2.75) is 187 Å². The highest BCUT2D eigenvalue weighted by Gasteiger charge is 2.43. The molecule has 2 atom stereocenters. The van der Waals surface area contributed by atoms with E-state index in [0.717, 1.165) is 51.4 Å². The standard InChI is InChI=1S/C19H34N4O3S.C11H23NO2S.C8H13N3O2.CH4/c1-17(2,3)26-15(24)14(13-27-18(4,5)6)22-16(25)19(9-7-8-10-19)11-12-21-23-20;1-10(2,3)14-9(13)8(12)7-15-11(4,5)6;9-11-10-6-5-8(7(12)13)3-1-2-4-8;/h14H,7-13H2,1-6H3,(H,22,25);8H,7,12H2,1-6H3;1-6H2,(H,12,13);1H4. The summed E-state index contributed by atoms with van der Waals surface area (Å²) in [6.45, 7) is 24.1. The van der Waals surface area contributed by atoms with Gasteiger partial charge in [0.25, 0.3) is 0 Å². The molecule has 15 nitrogen and oxygen atoms in total. The molecule has 17 heteroatoms. The van der Waals surface area contributed by atoms with E-state index >= 15 is 0 Å². The number of nitrogens with zero attached hydrogens (tertiary/aromatic N) is 6. The molecule has 2 aliphatic rings. The third kappa shape index (κ3) is 24.0. The van der Waals surface area contributed by atoms with Gasteiger partial charge in [-0.2, -0.15) is 23.5 Å². The highest BCUT2D eigenvalue weighted by atomic mass is 32.2. The van der Waals surface area contributed by atoms with Gasteiger partial charge < -0.3 is 25.6 Å². The third-order valence-corrected chi connectivity index (χ3v) is 11.4. The molecule has 4 N–H and O–H groups in total. The summed E-state index contributed by atoms with van der Waals surface area (Å²) in [6.07, 6.45) is 7.84. The summed E-state index contributed by atoms with van der Waals surface area (Å²) < 4.78 is 10.8. The zero-order valence-corrected chi connectivity index (χ0v) is 37.2. The van der Waals surface area contributed by atoms with Crippen LogP contribution in [-0.2, 0) is 28.7 Å². The molecule has 0 aromatic carbocycles. The molecule has 0 aromatic heterocycles. The average molecular weight is 831 g/mol. The molecule has 0 radical (unpaired) electrons. The smallest absolute Gasteiger partial charge is 0.330 e. The van der Waals surface area contributed by atoms with Gasteiger partial charge in [0.1, 0.15) is 23.3 Å². The number of azide groups is 2. The van der Waals surface area contributed by atoms with E-state index in [4.69, 9.17) is 31.4 Å². The topological polar surface area (TPSA) is 243 Å². The normalized spacial score (nSPS) is 17.0. The van der Waals surface area contributed by atoms with Gasteiger partial charge in [0.15, 0.2) is 0 Å². The number of hydrogen-bond acceptors (Lipinski definition) is 11. The van der Waals surface area contributed by atoms with E-state index in [0.29, 0.717) is 30.9 Å². The minimum absolute atomic E-state index is 0. The minimum Gasteiger partial charge on any atom is -0.481 e. The van der Waals surface area contributed by atoms with Crippen LogP contribution in [0.3, 0.4) is 0 Å². The predicted molar refractivity (Wildman–Crippen MR) is 229 cm³/mol. The Labute approximate surface area is 345 Å². The number of nitrogens with one attached hydrogen (secondary N) is 1. The lowest BCUT2D eigenvalue weighted by atomic mass is 9.81. The lowest BCUT2D eigenvalue weighted by molar-refractivity contribution is -0.158.